The van der Waals surface area contributed by atoms with Gasteiger partial charge in [-0.05, 0) is 35.1 Å². The van der Waals surface area contributed by atoms with Crippen molar-refractivity contribution >= 4 is 21.8 Å². The molecule has 4 heteroatoms. The maximum absolute atomic E-state index is 11.5. The van der Waals surface area contributed by atoms with E-state index in [9.17, 15) is 4.79 Å². The van der Waals surface area contributed by atoms with Crippen LogP contribution in [0.2, 0.25) is 0 Å². The third kappa shape index (κ3) is 4.03. The third-order valence-electron chi connectivity index (χ3n) is 2.64. The number of halogens is 1. The van der Waals surface area contributed by atoms with Crippen LogP contribution in [0.25, 0.3) is 5.73 Å². The van der Waals surface area contributed by atoms with Crippen LogP contribution in [0.15, 0.2) is 16.6 Å². The predicted molar refractivity (Wildman–Crippen MR) is 71.0 cm³/mol. The van der Waals surface area contributed by atoms with Gasteiger partial charge in [-0.2, -0.15) is 0 Å². The van der Waals surface area contributed by atoms with Gasteiger partial charge in [0.05, 0.1) is 5.91 Å². The van der Waals surface area contributed by atoms with Gasteiger partial charge in [-0.3, -0.25) is 0 Å². The van der Waals surface area contributed by atoms with E-state index in [-0.39, 0.29) is 38.0 Å². The van der Waals surface area contributed by atoms with Gasteiger partial charge in [0, 0.05) is 36.2 Å². The van der Waals surface area contributed by atoms with E-state index in [0.29, 0.717) is 5.56 Å². The normalized spacial score (nSPS) is 10.5. The summed E-state index contributed by atoms with van der Waals surface area (Å²) in [5.74, 6) is -0.0847. The van der Waals surface area contributed by atoms with E-state index in [1.165, 1.54) is 0 Å². The summed E-state index contributed by atoms with van der Waals surface area (Å²) in [4.78, 5) is 11.5. The molecule has 2 nitrogen and oxygen atoms in total. The fourth-order valence-corrected chi connectivity index (χ4v) is 2.32. The van der Waals surface area contributed by atoms with Crippen LogP contribution in [0, 0.1) is 0 Å². The number of hydrogen-bond donors (Lipinski definition) is 0. The van der Waals surface area contributed by atoms with Gasteiger partial charge in [0.25, 0.3) is 0 Å². The van der Waals surface area contributed by atoms with Gasteiger partial charge in [-0.25, -0.2) is 0 Å². The molecule has 0 aliphatic carbocycles. The Labute approximate surface area is 131 Å². The van der Waals surface area contributed by atoms with Crippen LogP contribution in [0.3, 0.4) is 0 Å². The molecule has 17 heavy (non-hydrogen) atoms. The van der Waals surface area contributed by atoms with E-state index in [1.54, 1.807) is 0 Å². The topological polar surface area (TPSA) is 40.9 Å². The molecule has 0 bridgehead atoms. The van der Waals surface area contributed by atoms with Gasteiger partial charge in [0.1, 0.15) is 0 Å². The molecule has 0 atom stereocenters. The van der Waals surface area contributed by atoms with Crippen molar-refractivity contribution in [3.8, 4) is 0 Å². The Hall–Kier alpha value is 0.0531. The average molecular weight is 374 g/mol. The predicted octanol–water partition coefficient (Wildman–Crippen LogP) is 4.89. The summed E-state index contributed by atoms with van der Waals surface area (Å²) >= 11 is 3.46. The van der Waals surface area contributed by atoms with E-state index in [0.717, 1.165) is 15.6 Å². The monoisotopic (exact) mass is 372 g/mol. The SMILES string of the molecule is CC(C)c1cc(Br)cc(C(C)C)c1C([NH-])=O.[Zr]. The summed E-state index contributed by atoms with van der Waals surface area (Å²) in [6, 6.07) is 3.89. The molecule has 0 fully saturated rings. The molecule has 0 heterocycles. The molecule has 0 aliphatic rings. The fourth-order valence-electron chi connectivity index (χ4n) is 1.82. The summed E-state index contributed by atoms with van der Waals surface area (Å²) in [7, 11) is 0. The van der Waals surface area contributed by atoms with Crippen molar-refractivity contribution < 1.29 is 31.0 Å². The smallest absolute Gasteiger partial charge is 0.0802 e. The largest absolute Gasteiger partial charge is 0.664 e. The van der Waals surface area contributed by atoms with E-state index in [4.69, 9.17) is 5.73 Å². The molecule has 92 valence electrons. The van der Waals surface area contributed by atoms with Crippen molar-refractivity contribution in [1.29, 1.82) is 0 Å². The van der Waals surface area contributed by atoms with E-state index in [2.05, 4.69) is 15.9 Å². The van der Waals surface area contributed by atoms with Crippen molar-refractivity contribution in [2.45, 2.75) is 39.5 Å². The number of rotatable bonds is 3. The molecule has 0 spiro atoms. The van der Waals surface area contributed by atoms with Gasteiger partial charge in [-0.15, -0.1) is 0 Å². The second-order valence-electron chi connectivity index (χ2n) is 4.60. The molecule has 0 unspecified atom stereocenters. The van der Waals surface area contributed by atoms with Crippen LogP contribution in [0.1, 0.15) is 61.0 Å². The van der Waals surface area contributed by atoms with E-state index in [1.807, 2.05) is 39.8 Å². The maximum Gasteiger partial charge on any atom is 0.0802 e. The zero-order valence-electron chi connectivity index (χ0n) is 10.6. The summed E-state index contributed by atoms with van der Waals surface area (Å²) in [6.07, 6.45) is 0. The first-order valence-corrected chi connectivity index (χ1v) is 6.23. The second kappa shape index (κ2) is 6.84. The summed E-state index contributed by atoms with van der Waals surface area (Å²) in [6.45, 7) is 8.16. The fraction of sp³-hybridized carbons (Fsp3) is 0.462. The third-order valence-corrected chi connectivity index (χ3v) is 3.09. The Morgan fingerprint density at radius 3 is 1.71 bits per heavy atom. The zero-order chi connectivity index (χ0) is 12.5. The van der Waals surface area contributed by atoms with Crippen LogP contribution in [-0.2, 0) is 26.2 Å². The first kappa shape index (κ1) is 17.1. The molecule has 1 aromatic carbocycles. The number of nitrogens with one attached hydrogen (secondary N) is 1. The van der Waals surface area contributed by atoms with E-state index >= 15 is 0 Å². The van der Waals surface area contributed by atoms with Crippen molar-refractivity contribution in [2.75, 3.05) is 0 Å². The van der Waals surface area contributed by atoms with Crippen molar-refractivity contribution in [3.05, 3.63) is 39.0 Å². The molecule has 0 saturated heterocycles. The van der Waals surface area contributed by atoms with Crippen LogP contribution < -0.4 is 0 Å². The van der Waals surface area contributed by atoms with Gasteiger partial charge < -0.3 is 10.5 Å². The number of hydrogen-bond acceptors (Lipinski definition) is 1. The van der Waals surface area contributed by atoms with Crippen molar-refractivity contribution in [3.63, 3.8) is 0 Å². The minimum atomic E-state index is -0.583. The van der Waals surface area contributed by atoms with Crippen LogP contribution in [0.5, 0.6) is 0 Å². The molecule has 0 aromatic heterocycles. The van der Waals surface area contributed by atoms with Crippen LogP contribution >= 0.6 is 15.9 Å². The maximum atomic E-state index is 11.5. The van der Waals surface area contributed by atoms with Gasteiger partial charge in [0.2, 0.25) is 0 Å². The number of carbonyl (C=O) groups excluding carboxylic acids is 1. The molecule has 1 rings (SSSR count). The minimum Gasteiger partial charge on any atom is -0.664 e. The molecular weight excluding hydrogens is 357 g/mol. The minimum absolute atomic E-state index is 0. The number of amides is 1. The summed E-state index contributed by atoms with van der Waals surface area (Å²) in [5.41, 5.74) is 9.89. The first-order valence-electron chi connectivity index (χ1n) is 5.43. The van der Waals surface area contributed by atoms with Crippen LogP contribution in [0.4, 0.5) is 0 Å². The number of benzene rings is 1. The second-order valence-corrected chi connectivity index (χ2v) is 5.51. The van der Waals surface area contributed by atoms with Crippen LogP contribution in [-0.4, -0.2) is 5.91 Å². The quantitative estimate of drug-likeness (QED) is 0.743. The molecule has 1 aromatic rings. The summed E-state index contributed by atoms with van der Waals surface area (Å²) in [5, 5.41) is 0. The molecule has 0 saturated carbocycles. The Balaban J connectivity index is 0.00000256. The molecule has 0 radical (unpaired) electrons. The van der Waals surface area contributed by atoms with Gasteiger partial charge in [-0.1, -0.05) is 43.6 Å². The Morgan fingerprint density at radius 1 is 1.12 bits per heavy atom. The molecule has 1 N–H and O–H groups in total. The molecule has 0 aliphatic heterocycles. The summed E-state index contributed by atoms with van der Waals surface area (Å²) < 4.78 is 0.977. The van der Waals surface area contributed by atoms with Crippen molar-refractivity contribution in [1.82, 2.24) is 0 Å². The number of carbonyl (C=O) groups is 1. The van der Waals surface area contributed by atoms with Crippen molar-refractivity contribution in [2.24, 2.45) is 0 Å². The zero-order valence-corrected chi connectivity index (χ0v) is 14.6. The first-order chi connectivity index (χ1) is 7.34. The molecular formula is C13H17BrNOZr-. The standard InChI is InChI=1S/C13H18BrNO.Zr/c1-7(2)10-5-9(14)6-11(8(3)4)12(10)13(15)16;/h5-8H,1-4H3,(H2,15,16);/p-1. The molecule has 1 amide bonds. The Kier molecular flexibility index (Phi) is 6.87. The van der Waals surface area contributed by atoms with E-state index < -0.39 is 5.91 Å². The van der Waals surface area contributed by atoms with Gasteiger partial charge in [0.15, 0.2) is 0 Å². The van der Waals surface area contributed by atoms with Gasteiger partial charge >= 0.3 is 0 Å². The Bertz CT molecular complexity index is 387. The Morgan fingerprint density at radius 2 is 1.47 bits per heavy atom. The average Bonchev–Trinajstić information content (AvgIpc) is 2.15.